The summed E-state index contributed by atoms with van der Waals surface area (Å²) in [6, 6.07) is 0.293. The molecule has 0 aromatic heterocycles. The molecule has 3 nitrogen and oxygen atoms in total. The predicted octanol–water partition coefficient (Wildman–Crippen LogP) is 0.594. The highest BCUT2D eigenvalue weighted by Crippen LogP contribution is 2.33. The third-order valence-corrected chi connectivity index (χ3v) is 4.13. The molecule has 5 heteroatoms. The molecule has 3 aliphatic rings. The van der Waals surface area contributed by atoms with Crippen LogP contribution in [0.1, 0.15) is 19.8 Å². The van der Waals surface area contributed by atoms with E-state index in [0.29, 0.717) is 6.04 Å². The quantitative estimate of drug-likeness (QED) is 0.687. The van der Waals surface area contributed by atoms with Gasteiger partial charge in [0.25, 0.3) is 0 Å². The van der Waals surface area contributed by atoms with Crippen LogP contribution >= 0.6 is 0 Å². The van der Waals surface area contributed by atoms with E-state index in [-0.39, 0.29) is 17.9 Å². The molecule has 1 fully saturated rings. The molecule has 2 atom stereocenters. The highest BCUT2D eigenvalue weighted by molar-refractivity contribution is 6.23. The van der Waals surface area contributed by atoms with Gasteiger partial charge in [0.1, 0.15) is 19.7 Å². The molecular formula is C13H19BFN3. The number of amidine groups is 1. The fourth-order valence-corrected chi connectivity index (χ4v) is 3.32. The summed E-state index contributed by atoms with van der Waals surface area (Å²) in [6.45, 7) is 4.11. The summed E-state index contributed by atoms with van der Waals surface area (Å²) in [5.41, 5.74) is 1.01. The molecule has 0 aromatic rings. The number of allylic oxidation sites excluding steroid dienone is 2. The second-order valence-electron chi connectivity index (χ2n) is 5.44. The lowest BCUT2D eigenvalue weighted by molar-refractivity contribution is 0.221. The summed E-state index contributed by atoms with van der Waals surface area (Å²) >= 11 is 0. The first-order valence-electron chi connectivity index (χ1n) is 6.76. The van der Waals surface area contributed by atoms with E-state index in [0.717, 1.165) is 37.2 Å². The third-order valence-electron chi connectivity index (χ3n) is 4.13. The third kappa shape index (κ3) is 1.90. The number of piperidine rings is 1. The molecule has 0 radical (unpaired) electrons. The van der Waals surface area contributed by atoms with Gasteiger partial charge in [-0.05, 0) is 38.9 Å². The number of aliphatic imine (C=N–C) groups is 1. The molecule has 0 spiro atoms. The lowest BCUT2D eigenvalue weighted by Crippen LogP contribution is -2.49. The summed E-state index contributed by atoms with van der Waals surface area (Å²) in [4.78, 5) is 6.85. The van der Waals surface area contributed by atoms with Gasteiger partial charge >= 0.3 is 0 Å². The minimum absolute atomic E-state index is 0.0872. The highest BCUT2D eigenvalue weighted by atomic mass is 19.1. The minimum Gasteiger partial charge on any atom is -0.348 e. The number of rotatable bonds is 1. The van der Waals surface area contributed by atoms with Crippen molar-refractivity contribution in [2.45, 2.75) is 37.9 Å². The van der Waals surface area contributed by atoms with Gasteiger partial charge in [0.05, 0.1) is 11.9 Å². The van der Waals surface area contributed by atoms with Crippen LogP contribution in [0.15, 0.2) is 28.4 Å². The Morgan fingerprint density at radius 1 is 1.44 bits per heavy atom. The van der Waals surface area contributed by atoms with E-state index < -0.39 is 0 Å². The summed E-state index contributed by atoms with van der Waals surface area (Å²) < 4.78 is 14.0. The number of nitrogens with zero attached hydrogens (tertiary/aromatic N) is 2. The Balaban J connectivity index is 1.87. The van der Waals surface area contributed by atoms with Crippen LogP contribution in [-0.2, 0) is 0 Å². The van der Waals surface area contributed by atoms with Crippen molar-refractivity contribution in [1.82, 2.24) is 10.2 Å². The number of nitrogens with one attached hydrogen (secondary N) is 1. The van der Waals surface area contributed by atoms with Crippen molar-refractivity contribution >= 4 is 13.7 Å². The molecular weight excluding hydrogens is 228 g/mol. The van der Waals surface area contributed by atoms with Gasteiger partial charge in [0.15, 0.2) is 0 Å². The monoisotopic (exact) mass is 247 g/mol. The van der Waals surface area contributed by atoms with E-state index in [1.54, 1.807) is 6.08 Å². The lowest BCUT2D eigenvalue weighted by atomic mass is 9.85. The van der Waals surface area contributed by atoms with E-state index in [1.807, 2.05) is 14.8 Å². The topological polar surface area (TPSA) is 27.6 Å². The molecule has 2 unspecified atom stereocenters. The van der Waals surface area contributed by atoms with Gasteiger partial charge in [0.2, 0.25) is 0 Å². The van der Waals surface area contributed by atoms with E-state index in [4.69, 9.17) is 0 Å². The highest BCUT2D eigenvalue weighted by Gasteiger charge is 2.40. The van der Waals surface area contributed by atoms with Crippen LogP contribution in [-0.4, -0.2) is 49.8 Å². The Hall–Kier alpha value is -1.10. The lowest BCUT2D eigenvalue weighted by Gasteiger charge is -2.38. The first-order chi connectivity index (χ1) is 8.66. The van der Waals surface area contributed by atoms with E-state index >= 15 is 0 Å². The molecule has 0 saturated carbocycles. The van der Waals surface area contributed by atoms with Crippen molar-refractivity contribution < 1.29 is 4.39 Å². The Bertz CT molecular complexity index is 438. The molecule has 0 amide bonds. The first kappa shape index (κ1) is 12.0. The zero-order chi connectivity index (χ0) is 12.7. The van der Waals surface area contributed by atoms with Crippen LogP contribution < -0.4 is 5.32 Å². The van der Waals surface area contributed by atoms with Crippen molar-refractivity contribution in [3.63, 3.8) is 0 Å². The maximum absolute atomic E-state index is 14.0. The van der Waals surface area contributed by atoms with Crippen LogP contribution in [0.3, 0.4) is 0 Å². The van der Waals surface area contributed by atoms with Crippen molar-refractivity contribution in [2.24, 2.45) is 4.99 Å². The SMILES string of the molecule is BC1=CC2C(N=C(C)N2C2CCNCC2)C(F)=C1. The fourth-order valence-electron chi connectivity index (χ4n) is 3.32. The van der Waals surface area contributed by atoms with Crippen molar-refractivity contribution in [1.29, 1.82) is 0 Å². The first-order valence-corrected chi connectivity index (χ1v) is 6.76. The molecule has 3 rings (SSSR count). The average molecular weight is 247 g/mol. The Labute approximate surface area is 108 Å². The van der Waals surface area contributed by atoms with Gasteiger partial charge in [-0.2, -0.15) is 0 Å². The average Bonchev–Trinajstić information content (AvgIpc) is 2.67. The summed E-state index contributed by atoms with van der Waals surface area (Å²) in [6.07, 6.45) is 6.02. The summed E-state index contributed by atoms with van der Waals surface area (Å²) in [5, 5.41) is 3.38. The molecule has 2 heterocycles. The second kappa shape index (κ2) is 4.54. The van der Waals surface area contributed by atoms with E-state index in [9.17, 15) is 4.39 Å². The molecule has 0 bridgehead atoms. The van der Waals surface area contributed by atoms with Crippen molar-refractivity contribution in [3.8, 4) is 0 Å². The maximum atomic E-state index is 14.0. The summed E-state index contributed by atoms with van der Waals surface area (Å²) in [5.74, 6) is 0.905. The molecule has 96 valence electrons. The van der Waals surface area contributed by atoms with Gasteiger partial charge in [-0.15, -0.1) is 0 Å². The Morgan fingerprint density at radius 3 is 2.89 bits per heavy atom. The normalized spacial score (nSPS) is 32.8. The number of halogens is 1. The minimum atomic E-state index is -0.302. The molecule has 1 saturated heterocycles. The van der Waals surface area contributed by atoms with Gasteiger partial charge in [0, 0.05) is 6.04 Å². The maximum Gasteiger partial charge on any atom is 0.139 e. The smallest absolute Gasteiger partial charge is 0.139 e. The number of hydrogen-bond acceptors (Lipinski definition) is 3. The van der Waals surface area contributed by atoms with Crippen LogP contribution in [0.4, 0.5) is 4.39 Å². The molecule has 1 aliphatic carbocycles. The standard InChI is InChI=1S/C13H19BFN3/c1-8-17-13-11(15)6-9(14)7-12(13)18(8)10-2-4-16-5-3-10/h6-7,10,12-13,16H,2-5,14H2,1H3. The zero-order valence-corrected chi connectivity index (χ0v) is 11.0. The Morgan fingerprint density at radius 2 is 2.17 bits per heavy atom. The van der Waals surface area contributed by atoms with Crippen LogP contribution in [0, 0.1) is 0 Å². The van der Waals surface area contributed by atoms with Gasteiger partial charge < -0.3 is 10.2 Å². The van der Waals surface area contributed by atoms with Gasteiger partial charge in [-0.3, -0.25) is 4.99 Å². The Kier molecular flexibility index (Phi) is 3.02. The number of hydrogen-bond donors (Lipinski definition) is 1. The second-order valence-corrected chi connectivity index (χ2v) is 5.44. The van der Waals surface area contributed by atoms with Crippen LogP contribution in [0.2, 0.25) is 0 Å². The van der Waals surface area contributed by atoms with Gasteiger partial charge in [-0.25, -0.2) is 4.39 Å². The fraction of sp³-hybridized carbons (Fsp3) is 0.615. The van der Waals surface area contributed by atoms with Crippen LogP contribution in [0.5, 0.6) is 0 Å². The van der Waals surface area contributed by atoms with Crippen molar-refractivity contribution in [3.05, 3.63) is 23.5 Å². The van der Waals surface area contributed by atoms with Crippen molar-refractivity contribution in [2.75, 3.05) is 13.1 Å². The number of fused-ring (bicyclic) bond motifs is 1. The predicted molar refractivity (Wildman–Crippen MR) is 74.2 cm³/mol. The summed E-state index contributed by atoms with van der Waals surface area (Å²) in [7, 11) is 1.96. The molecule has 2 aliphatic heterocycles. The van der Waals surface area contributed by atoms with Gasteiger partial charge in [-0.1, -0.05) is 11.5 Å². The van der Waals surface area contributed by atoms with E-state index in [1.165, 1.54) is 0 Å². The largest absolute Gasteiger partial charge is 0.348 e. The molecule has 0 aromatic carbocycles. The van der Waals surface area contributed by atoms with E-state index in [2.05, 4.69) is 21.3 Å². The molecule has 1 N–H and O–H groups in total. The molecule has 18 heavy (non-hydrogen) atoms. The zero-order valence-electron chi connectivity index (χ0n) is 11.0. The van der Waals surface area contributed by atoms with Crippen LogP contribution in [0.25, 0.3) is 0 Å².